The molecule has 0 spiro atoms. The molecule has 0 N–H and O–H groups in total. The van der Waals surface area contributed by atoms with Crippen LogP contribution in [-0.4, -0.2) is 12.6 Å². The number of carbonyl (C=O) groups is 1. The largest absolute Gasteiger partial charge is 0.465 e. The van der Waals surface area contributed by atoms with E-state index in [2.05, 4.69) is 30.5 Å². The van der Waals surface area contributed by atoms with Crippen molar-refractivity contribution in [2.45, 2.75) is 26.2 Å². The number of hydrogen-bond acceptors (Lipinski definition) is 3. The van der Waals surface area contributed by atoms with E-state index in [1.165, 1.54) is 11.1 Å². The van der Waals surface area contributed by atoms with Crippen LogP contribution in [0.3, 0.4) is 0 Å². The first-order valence-electron chi connectivity index (χ1n) is 7.87. The summed E-state index contributed by atoms with van der Waals surface area (Å²) in [6.07, 6.45) is 5.15. The van der Waals surface area contributed by atoms with E-state index < -0.39 is 0 Å². The van der Waals surface area contributed by atoms with Crippen LogP contribution in [-0.2, 0) is 9.53 Å². The third kappa shape index (κ3) is 3.30. The van der Waals surface area contributed by atoms with E-state index in [9.17, 15) is 4.79 Å². The van der Waals surface area contributed by atoms with Crippen LogP contribution in [0.5, 0.6) is 0 Å². The third-order valence-electron chi connectivity index (χ3n) is 3.94. The average molecular weight is 324 g/mol. The summed E-state index contributed by atoms with van der Waals surface area (Å²) in [5, 5.41) is 2.13. The fraction of sp³-hybridized carbons (Fsp3) is 0.250. The molecule has 0 bridgehead atoms. The summed E-state index contributed by atoms with van der Waals surface area (Å²) in [7, 11) is 0. The van der Waals surface area contributed by atoms with Crippen LogP contribution >= 0.6 is 11.3 Å². The smallest absolute Gasteiger partial charge is 0.317 e. The van der Waals surface area contributed by atoms with Crippen LogP contribution in [0, 0.1) is 6.92 Å². The fourth-order valence-electron chi connectivity index (χ4n) is 2.79. The molecular formula is C20H20O2S. The highest BCUT2D eigenvalue weighted by atomic mass is 32.1. The number of carbonyl (C=O) groups excluding carboxylic acids is 1. The Balaban J connectivity index is 2.12. The molecule has 1 heterocycles. The molecule has 1 aliphatic carbocycles. The molecule has 2 nitrogen and oxygen atoms in total. The molecule has 2 aromatic rings. The number of allylic oxidation sites excluding steroid dienone is 3. The quantitative estimate of drug-likeness (QED) is 0.714. The van der Waals surface area contributed by atoms with Gasteiger partial charge in [-0.1, -0.05) is 42.5 Å². The van der Waals surface area contributed by atoms with Gasteiger partial charge in [0.05, 0.1) is 6.61 Å². The normalized spacial score (nSPS) is 16.6. The van der Waals surface area contributed by atoms with Crippen LogP contribution in [0.2, 0.25) is 0 Å². The second-order valence-corrected chi connectivity index (χ2v) is 6.54. The Hall–Kier alpha value is -2.13. The topological polar surface area (TPSA) is 26.3 Å². The Morgan fingerprint density at radius 1 is 1.30 bits per heavy atom. The predicted octanol–water partition coefficient (Wildman–Crippen LogP) is 5.12. The fourth-order valence-corrected chi connectivity index (χ4v) is 3.80. The highest BCUT2D eigenvalue weighted by Crippen LogP contribution is 2.41. The van der Waals surface area contributed by atoms with Crippen molar-refractivity contribution in [2.75, 3.05) is 6.61 Å². The van der Waals surface area contributed by atoms with Gasteiger partial charge in [-0.15, -0.1) is 11.3 Å². The molecular weight excluding hydrogens is 304 g/mol. The minimum absolute atomic E-state index is 0.174. The summed E-state index contributed by atoms with van der Waals surface area (Å²) in [6, 6.07) is 12.1. The summed E-state index contributed by atoms with van der Waals surface area (Å²) in [5.41, 5.74) is 4.53. The zero-order valence-corrected chi connectivity index (χ0v) is 14.2. The first-order valence-corrected chi connectivity index (χ1v) is 8.75. The van der Waals surface area contributed by atoms with Gasteiger partial charge in [0.15, 0.2) is 0 Å². The molecule has 0 radical (unpaired) electrons. The van der Waals surface area contributed by atoms with Crippen LogP contribution < -0.4 is 0 Å². The van der Waals surface area contributed by atoms with Gasteiger partial charge in [0.2, 0.25) is 0 Å². The number of ether oxygens (including phenoxy) is 1. The van der Waals surface area contributed by atoms with Crippen molar-refractivity contribution in [1.82, 2.24) is 0 Å². The van der Waals surface area contributed by atoms with Gasteiger partial charge >= 0.3 is 5.97 Å². The van der Waals surface area contributed by atoms with Crippen LogP contribution in [0.1, 0.15) is 35.3 Å². The van der Waals surface area contributed by atoms with Crippen molar-refractivity contribution < 1.29 is 9.53 Å². The second-order valence-electron chi connectivity index (χ2n) is 5.63. The van der Waals surface area contributed by atoms with Crippen molar-refractivity contribution >= 4 is 22.9 Å². The van der Waals surface area contributed by atoms with Crippen molar-refractivity contribution in [3.05, 3.63) is 75.5 Å². The van der Waals surface area contributed by atoms with E-state index in [-0.39, 0.29) is 11.9 Å². The first kappa shape index (κ1) is 15.8. The van der Waals surface area contributed by atoms with Gasteiger partial charge < -0.3 is 4.74 Å². The molecule has 0 amide bonds. The zero-order valence-electron chi connectivity index (χ0n) is 13.4. The molecule has 118 valence electrons. The van der Waals surface area contributed by atoms with Gasteiger partial charge in [0.1, 0.15) is 5.92 Å². The standard InChI is InChI=1S/C20H20O2S/c1-3-22-20(21)19(16-8-5-4-6-9-16)18(15-10-7-11-15)17-12-14(2)13-23-17/h4-10,12-13,19H,3,11H2,1-2H3. The number of rotatable bonds is 5. The summed E-state index contributed by atoms with van der Waals surface area (Å²) >= 11 is 1.69. The number of esters is 1. The first-order chi connectivity index (χ1) is 11.2. The highest BCUT2D eigenvalue weighted by Gasteiger charge is 2.30. The molecule has 3 rings (SSSR count). The lowest BCUT2D eigenvalue weighted by atomic mass is 9.83. The highest BCUT2D eigenvalue weighted by molar-refractivity contribution is 7.11. The van der Waals surface area contributed by atoms with Crippen molar-refractivity contribution in [1.29, 1.82) is 0 Å². The van der Waals surface area contributed by atoms with Crippen LogP contribution in [0.25, 0.3) is 5.57 Å². The van der Waals surface area contributed by atoms with Gasteiger partial charge in [-0.2, -0.15) is 0 Å². The lowest BCUT2D eigenvalue weighted by Crippen LogP contribution is -2.19. The number of hydrogen-bond donors (Lipinski definition) is 0. The maximum absolute atomic E-state index is 12.7. The third-order valence-corrected chi connectivity index (χ3v) is 5.02. The van der Waals surface area contributed by atoms with E-state index in [0.29, 0.717) is 6.61 Å². The Labute approximate surface area is 141 Å². The van der Waals surface area contributed by atoms with E-state index in [0.717, 1.165) is 22.4 Å². The lowest BCUT2D eigenvalue weighted by Gasteiger charge is -2.23. The monoisotopic (exact) mass is 324 g/mol. The van der Waals surface area contributed by atoms with Gasteiger partial charge in [0, 0.05) is 4.88 Å². The summed E-state index contributed by atoms with van der Waals surface area (Å²) in [6.45, 7) is 4.33. The Morgan fingerprint density at radius 2 is 2.04 bits per heavy atom. The SMILES string of the molecule is CCOC(=O)C(C(=C1C=CC1)c1cc(C)cs1)c1ccccc1. The molecule has 0 saturated carbocycles. The molecule has 1 atom stereocenters. The summed E-state index contributed by atoms with van der Waals surface area (Å²) in [4.78, 5) is 13.9. The molecule has 3 heteroatoms. The van der Waals surface area contributed by atoms with Crippen molar-refractivity contribution in [3.63, 3.8) is 0 Å². The van der Waals surface area contributed by atoms with Crippen molar-refractivity contribution in [3.8, 4) is 0 Å². The van der Waals surface area contributed by atoms with E-state index in [1.54, 1.807) is 11.3 Å². The maximum atomic E-state index is 12.7. The Bertz CT molecular complexity index is 753. The lowest BCUT2D eigenvalue weighted by molar-refractivity contribution is -0.143. The van der Waals surface area contributed by atoms with Gasteiger partial charge in [-0.05, 0) is 54.0 Å². The van der Waals surface area contributed by atoms with Gasteiger partial charge in [-0.25, -0.2) is 0 Å². The van der Waals surface area contributed by atoms with Gasteiger partial charge in [0.25, 0.3) is 0 Å². The minimum Gasteiger partial charge on any atom is -0.465 e. The minimum atomic E-state index is -0.367. The molecule has 1 aliphatic rings. The van der Waals surface area contributed by atoms with Gasteiger partial charge in [-0.3, -0.25) is 4.79 Å². The van der Waals surface area contributed by atoms with Crippen LogP contribution in [0.4, 0.5) is 0 Å². The molecule has 1 aromatic heterocycles. The number of benzene rings is 1. The molecule has 23 heavy (non-hydrogen) atoms. The van der Waals surface area contributed by atoms with E-state index in [1.807, 2.05) is 37.3 Å². The number of thiophene rings is 1. The Morgan fingerprint density at radius 3 is 2.57 bits per heavy atom. The molecule has 1 unspecified atom stereocenters. The molecule has 0 fully saturated rings. The maximum Gasteiger partial charge on any atom is 0.317 e. The average Bonchev–Trinajstić information content (AvgIpc) is 2.92. The van der Waals surface area contributed by atoms with Crippen molar-refractivity contribution in [2.24, 2.45) is 0 Å². The molecule has 0 saturated heterocycles. The predicted molar refractivity (Wildman–Crippen MR) is 95.5 cm³/mol. The molecule has 1 aromatic carbocycles. The number of aryl methyl sites for hydroxylation is 1. The van der Waals surface area contributed by atoms with E-state index in [4.69, 9.17) is 4.74 Å². The Kier molecular flexibility index (Phi) is 4.77. The van der Waals surface area contributed by atoms with Crippen LogP contribution in [0.15, 0.2) is 59.5 Å². The molecule has 0 aliphatic heterocycles. The second kappa shape index (κ2) is 6.97. The summed E-state index contributed by atoms with van der Waals surface area (Å²) in [5.74, 6) is -0.540. The summed E-state index contributed by atoms with van der Waals surface area (Å²) < 4.78 is 5.39. The van der Waals surface area contributed by atoms with E-state index >= 15 is 0 Å². The zero-order chi connectivity index (χ0) is 16.2.